The Labute approximate surface area is 165 Å². The first-order chi connectivity index (χ1) is 12.7. The van der Waals surface area contributed by atoms with Crippen LogP contribution < -0.4 is 4.74 Å². The SMILES string of the molecule is CCCCC1CCC(C(=O)Oc2ccc(-c3ccccc3)cc2Br)CC1. The van der Waals surface area contributed by atoms with Crippen LogP contribution in [0.15, 0.2) is 53.0 Å². The van der Waals surface area contributed by atoms with E-state index in [1.54, 1.807) is 0 Å². The van der Waals surface area contributed by atoms with Crippen molar-refractivity contribution < 1.29 is 9.53 Å². The molecule has 2 nitrogen and oxygen atoms in total. The van der Waals surface area contributed by atoms with Gasteiger partial charge in [0.1, 0.15) is 5.75 Å². The fourth-order valence-electron chi connectivity index (χ4n) is 3.77. The highest BCUT2D eigenvalue weighted by Crippen LogP contribution is 2.35. The fraction of sp³-hybridized carbons (Fsp3) is 0.435. The highest BCUT2D eigenvalue weighted by Gasteiger charge is 2.27. The molecule has 0 saturated heterocycles. The topological polar surface area (TPSA) is 26.3 Å². The highest BCUT2D eigenvalue weighted by atomic mass is 79.9. The predicted molar refractivity (Wildman–Crippen MR) is 110 cm³/mol. The van der Waals surface area contributed by atoms with E-state index in [1.807, 2.05) is 36.4 Å². The molecule has 3 rings (SSSR count). The third kappa shape index (κ3) is 4.97. The first-order valence-corrected chi connectivity index (χ1v) is 10.5. The summed E-state index contributed by atoms with van der Waals surface area (Å²) in [5, 5.41) is 0. The second kappa shape index (κ2) is 9.36. The van der Waals surface area contributed by atoms with Gasteiger partial charge in [0, 0.05) is 0 Å². The summed E-state index contributed by atoms with van der Waals surface area (Å²) in [5.74, 6) is 1.39. The van der Waals surface area contributed by atoms with Crippen LogP contribution >= 0.6 is 15.9 Å². The molecule has 0 bridgehead atoms. The van der Waals surface area contributed by atoms with Crippen molar-refractivity contribution in [2.24, 2.45) is 11.8 Å². The van der Waals surface area contributed by atoms with Crippen LogP contribution in [0.5, 0.6) is 5.75 Å². The Kier molecular flexibility index (Phi) is 6.90. The molecule has 1 aliphatic carbocycles. The number of rotatable bonds is 6. The first kappa shape index (κ1) is 19.2. The largest absolute Gasteiger partial charge is 0.425 e. The quantitative estimate of drug-likeness (QED) is 0.374. The molecular formula is C23H27BrO2. The highest BCUT2D eigenvalue weighted by molar-refractivity contribution is 9.10. The van der Waals surface area contributed by atoms with E-state index in [0.29, 0.717) is 5.75 Å². The van der Waals surface area contributed by atoms with Gasteiger partial charge in [-0.05, 0) is 70.8 Å². The zero-order chi connectivity index (χ0) is 18.4. The maximum Gasteiger partial charge on any atom is 0.314 e. The number of hydrogen-bond donors (Lipinski definition) is 0. The van der Waals surface area contributed by atoms with E-state index >= 15 is 0 Å². The summed E-state index contributed by atoms with van der Waals surface area (Å²) >= 11 is 3.56. The molecule has 0 atom stereocenters. The lowest BCUT2D eigenvalue weighted by atomic mass is 9.80. The lowest BCUT2D eigenvalue weighted by molar-refractivity contribution is -0.140. The van der Waals surface area contributed by atoms with Gasteiger partial charge in [0.2, 0.25) is 0 Å². The normalized spacial score (nSPS) is 19.9. The molecule has 2 aromatic carbocycles. The second-order valence-corrected chi connectivity index (χ2v) is 8.15. The number of carbonyl (C=O) groups excluding carboxylic acids is 1. The van der Waals surface area contributed by atoms with Gasteiger partial charge in [-0.1, -0.05) is 62.6 Å². The van der Waals surface area contributed by atoms with Crippen LogP contribution in [0.1, 0.15) is 51.9 Å². The van der Waals surface area contributed by atoms with Crippen molar-refractivity contribution >= 4 is 21.9 Å². The van der Waals surface area contributed by atoms with Crippen molar-refractivity contribution in [3.63, 3.8) is 0 Å². The Hall–Kier alpha value is -1.61. The van der Waals surface area contributed by atoms with Crippen molar-refractivity contribution in [3.8, 4) is 16.9 Å². The van der Waals surface area contributed by atoms with Gasteiger partial charge in [-0.25, -0.2) is 0 Å². The molecule has 138 valence electrons. The van der Waals surface area contributed by atoms with Crippen molar-refractivity contribution in [1.82, 2.24) is 0 Å². The molecule has 0 radical (unpaired) electrons. The second-order valence-electron chi connectivity index (χ2n) is 7.29. The summed E-state index contributed by atoms with van der Waals surface area (Å²) in [6.07, 6.45) is 8.13. The molecular weight excluding hydrogens is 388 g/mol. The maximum atomic E-state index is 12.6. The molecule has 1 fully saturated rings. The first-order valence-electron chi connectivity index (χ1n) is 9.74. The van der Waals surface area contributed by atoms with E-state index in [0.717, 1.165) is 47.2 Å². The molecule has 0 amide bonds. The monoisotopic (exact) mass is 414 g/mol. The zero-order valence-electron chi connectivity index (χ0n) is 15.4. The Morgan fingerprint density at radius 1 is 1.04 bits per heavy atom. The standard InChI is InChI=1S/C23H27BrO2/c1-2-3-7-17-10-12-19(13-11-17)23(25)26-22-15-14-20(16-21(22)24)18-8-5-4-6-9-18/h4-6,8-9,14-17,19H,2-3,7,10-13H2,1H3. The molecule has 0 N–H and O–H groups in total. The smallest absolute Gasteiger partial charge is 0.314 e. The molecule has 3 heteroatoms. The third-order valence-corrected chi connectivity index (χ3v) is 6.02. The molecule has 1 saturated carbocycles. The van der Waals surface area contributed by atoms with Crippen molar-refractivity contribution in [1.29, 1.82) is 0 Å². The Morgan fingerprint density at radius 3 is 2.42 bits per heavy atom. The average molecular weight is 415 g/mol. The van der Waals surface area contributed by atoms with Gasteiger partial charge in [-0.3, -0.25) is 4.79 Å². The van der Waals surface area contributed by atoms with E-state index < -0.39 is 0 Å². The number of unbranched alkanes of at least 4 members (excludes halogenated alkanes) is 1. The lowest BCUT2D eigenvalue weighted by Gasteiger charge is -2.27. The molecule has 0 unspecified atom stereocenters. The van der Waals surface area contributed by atoms with Gasteiger partial charge in [0.25, 0.3) is 0 Å². The van der Waals surface area contributed by atoms with Crippen LogP contribution in [0.2, 0.25) is 0 Å². The number of esters is 1. The van der Waals surface area contributed by atoms with Crippen LogP contribution in [-0.4, -0.2) is 5.97 Å². The summed E-state index contributed by atoms with van der Waals surface area (Å²) in [6.45, 7) is 2.24. The number of ether oxygens (including phenoxy) is 1. The van der Waals surface area contributed by atoms with Crippen molar-refractivity contribution in [2.45, 2.75) is 51.9 Å². The average Bonchev–Trinajstić information content (AvgIpc) is 2.69. The van der Waals surface area contributed by atoms with E-state index in [9.17, 15) is 4.79 Å². The molecule has 0 aliphatic heterocycles. The number of hydrogen-bond acceptors (Lipinski definition) is 2. The molecule has 0 spiro atoms. The van der Waals surface area contributed by atoms with Gasteiger partial charge >= 0.3 is 5.97 Å². The van der Waals surface area contributed by atoms with E-state index in [4.69, 9.17) is 4.74 Å². The Bertz CT molecular complexity index is 718. The molecule has 2 aromatic rings. The van der Waals surface area contributed by atoms with Crippen LogP contribution in [0.4, 0.5) is 0 Å². The summed E-state index contributed by atoms with van der Waals surface area (Å²) in [5.41, 5.74) is 2.25. The molecule has 26 heavy (non-hydrogen) atoms. The summed E-state index contributed by atoms with van der Waals surface area (Å²) < 4.78 is 6.53. The van der Waals surface area contributed by atoms with Crippen molar-refractivity contribution in [2.75, 3.05) is 0 Å². The Balaban J connectivity index is 1.58. The van der Waals surface area contributed by atoms with Gasteiger partial charge < -0.3 is 4.74 Å². The minimum atomic E-state index is -0.0768. The molecule has 1 aliphatic rings. The summed E-state index contributed by atoms with van der Waals surface area (Å²) in [6, 6.07) is 16.1. The van der Waals surface area contributed by atoms with Crippen LogP contribution in [0.25, 0.3) is 11.1 Å². The number of benzene rings is 2. The van der Waals surface area contributed by atoms with Gasteiger partial charge in [-0.2, -0.15) is 0 Å². The minimum absolute atomic E-state index is 0.0496. The summed E-state index contributed by atoms with van der Waals surface area (Å²) in [7, 11) is 0. The van der Waals surface area contributed by atoms with Gasteiger partial charge in [0.05, 0.1) is 10.4 Å². The maximum absolute atomic E-state index is 12.6. The van der Waals surface area contributed by atoms with Crippen LogP contribution in [0, 0.1) is 11.8 Å². The lowest BCUT2D eigenvalue weighted by Crippen LogP contribution is -2.25. The number of carbonyl (C=O) groups is 1. The van der Waals surface area contributed by atoms with E-state index in [-0.39, 0.29) is 11.9 Å². The minimum Gasteiger partial charge on any atom is -0.425 e. The van der Waals surface area contributed by atoms with E-state index in [1.165, 1.54) is 19.3 Å². The molecule has 0 heterocycles. The summed E-state index contributed by atoms with van der Waals surface area (Å²) in [4.78, 5) is 12.6. The van der Waals surface area contributed by atoms with Gasteiger partial charge in [-0.15, -0.1) is 0 Å². The van der Waals surface area contributed by atoms with E-state index in [2.05, 4.69) is 35.0 Å². The predicted octanol–water partition coefficient (Wildman–Crippen LogP) is 7.02. The van der Waals surface area contributed by atoms with Crippen molar-refractivity contribution in [3.05, 3.63) is 53.0 Å². The fourth-order valence-corrected chi connectivity index (χ4v) is 4.22. The van der Waals surface area contributed by atoms with Gasteiger partial charge in [0.15, 0.2) is 0 Å². The number of halogens is 1. The van der Waals surface area contributed by atoms with Crippen LogP contribution in [0.3, 0.4) is 0 Å². The van der Waals surface area contributed by atoms with Crippen LogP contribution in [-0.2, 0) is 4.79 Å². The zero-order valence-corrected chi connectivity index (χ0v) is 17.0. The molecule has 0 aromatic heterocycles. The Morgan fingerprint density at radius 2 is 1.77 bits per heavy atom. The third-order valence-electron chi connectivity index (χ3n) is 5.40.